The van der Waals surface area contributed by atoms with E-state index in [0.29, 0.717) is 18.8 Å². The second-order valence-corrected chi connectivity index (χ2v) is 10.9. The molecule has 0 saturated carbocycles. The molecular formula is C26H35N3O4S. The minimum absolute atomic E-state index is 0.108. The molecule has 0 radical (unpaired) electrons. The first-order valence-electron chi connectivity index (χ1n) is 11.8. The molecule has 0 saturated heterocycles. The smallest absolute Gasteiger partial charge is 0.247 e. The zero-order valence-corrected chi connectivity index (χ0v) is 21.3. The fraction of sp³-hybridized carbons (Fsp3) is 0.500. The van der Waals surface area contributed by atoms with Crippen molar-refractivity contribution in [2.75, 3.05) is 26.7 Å². The van der Waals surface area contributed by atoms with Crippen LogP contribution in [0.2, 0.25) is 0 Å². The summed E-state index contributed by atoms with van der Waals surface area (Å²) in [6.45, 7) is 7.08. The molecule has 1 aliphatic heterocycles. The molecule has 0 amide bonds. The number of sulfonamides is 1. The number of pyridine rings is 1. The van der Waals surface area contributed by atoms with Crippen molar-refractivity contribution in [2.45, 2.75) is 57.2 Å². The van der Waals surface area contributed by atoms with E-state index in [9.17, 15) is 13.5 Å². The lowest BCUT2D eigenvalue weighted by Crippen LogP contribution is -2.49. The van der Waals surface area contributed by atoms with Gasteiger partial charge >= 0.3 is 0 Å². The molecule has 7 nitrogen and oxygen atoms in total. The van der Waals surface area contributed by atoms with Crippen LogP contribution in [0.5, 0.6) is 5.75 Å². The highest BCUT2D eigenvalue weighted by Crippen LogP contribution is 2.34. The predicted octanol–water partition coefficient (Wildman–Crippen LogP) is 3.13. The van der Waals surface area contributed by atoms with Crippen LogP contribution >= 0.6 is 0 Å². The van der Waals surface area contributed by atoms with Gasteiger partial charge in [-0.2, -0.15) is 4.31 Å². The first kappa shape index (κ1) is 26.2. The number of hydrogen-bond acceptors (Lipinski definition) is 6. The maximum Gasteiger partial charge on any atom is 0.247 e. The third-order valence-corrected chi connectivity index (χ3v) is 7.96. The molecule has 2 aromatic rings. The zero-order valence-electron chi connectivity index (χ0n) is 20.4. The highest BCUT2D eigenvalue weighted by Gasteiger charge is 2.38. The Morgan fingerprint density at radius 1 is 1.35 bits per heavy atom. The minimum atomic E-state index is -3.85. The minimum Gasteiger partial charge on any atom is -0.487 e. The summed E-state index contributed by atoms with van der Waals surface area (Å²) in [6.07, 6.45) is 5.06. The van der Waals surface area contributed by atoms with Crippen molar-refractivity contribution in [1.82, 2.24) is 14.2 Å². The van der Waals surface area contributed by atoms with Crippen LogP contribution in [0.4, 0.5) is 0 Å². The van der Waals surface area contributed by atoms with Crippen molar-refractivity contribution in [3.8, 4) is 17.6 Å². The lowest BCUT2D eigenvalue weighted by atomic mass is 10.0. The molecule has 2 heterocycles. The summed E-state index contributed by atoms with van der Waals surface area (Å²) < 4.78 is 34.9. The first-order chi connectivity index (χ1) is 16.3. The summed E-state index contributed by atoms with van der Waals surface area (Å²) in [6, 6.07) is 8.41. The van der Waals surface area contributed by atoms with Gasteiger partial charge in [-0.15, -0.1) is 0 Å². The summed E-state index contributed by atoms with van der Waals surface area (Å²) in [4.78, 5) is 6.45. The number of aromatic nitrogens is 1. The van der Waals surface area contributed by atoms with E-state index in [1.165, 1.54) is 4.31 Å². The van der Waals surface area contributed by atoms with Crippen LogP contribution in [-0.2, 0) is 16.6 Å². The van der Waals surface area contributed by atoms with E-state index in [1.54, 1.807) is 31.3 Å². The van der Waals surface area contributed by atoms with Crippen molar-refractivity contribution in [3.05, 3.63) is 53.9 Å². The third kappa shape index (κ3) is 6.36. The van der Waals surface area contributed by atoms with E-state index < -0.39 is 16.1 Å². The van der Waals surface area contributed by atoms with Crippen LogP contribution in [0.1, 0.15) is 44.7 Å². The number of hydrogen-bond donors (Lipinski definition) is 1. The number of nitrogens with zero attached hydrogens (tertiary/aromatic N) is 3. The van der Waals surface area contributed by atoms with E-state index in [1.807, 2.05) is 32.3 Å². The summed E-state index contributed by atoms with van der Waals surface area (Å²) in [5.41, 5.74) is 1.82. The van der Waals surface area contributed by atoms with Gasteiger partial charge in [0.25, 0.3) is 0 Å². The van der Waals surface area contributed by atoms with Crippen LogP contribution in [-0.4, -0.2) is 66.6 Å². The summed E-state index contributed by atoms with van der Waals surface area (Å²) in [5.74, 6) is 6.42. The summed E-state index contributed by atoms with van der Waals surface area (Å²) in [7, 11) is -1.84. The van der Waals surface area contributed by atoms with Gasteiger partial charge in [0.05, 0.1) is 6.61 Å². The van der Waals surface area contributed by atoms with Crippen LogP contribution in [0, 0.1) is 17.8 Å². The molecular weight excluding hydrogens is 450 g/mol. The number of fused-ring (bicyclic) bond motifs is 1. The van der Waals surface area contributed by atoms with Crippen molar-refractivity contribution in [3.63, 3.8) is 0 Å². The zero-order chi connectivity index (χ0) is 24.7. The van der Waals surface area contributed by atoms with Crippen LogP contribution in [0.3, 0.4) is 0 Å². The van der Waals surface area contributed by atoms with Gasteiger partial charge < -0.3 is 9.84 Å². The van der Waals surface area contributed by atoms with Gasteiger partial charge in [0, 0.05) is 56.0 Å². The molecule has 0 aliphatic carbocycles. The molecule has 1 aromatic heterocycles. The number of ether oxygens (including phenoxy) is 1. The molecule has 1 N–H and O–H groups in total. The molecule has 8 heteroatoms. The summed E-state index contributed by atoms with van der Waals surface area (Å²) >= 11 is 0. The molecule has 1 aromatic carbocycles. The number of aliphatic hydroxyl groups excluding tert-OH is 1. The molecule has 0 unspecified atom stereocenters. The van der Waals surface area contributed by atoms with Gasteiger partial charge in [-0.25, -0.2) is 8.42 Å². The quantitative estimate of drug-likeness (QED) is 0.607. The second kappa shape index (κ2) is 11.8. The molecule has 3 atom stereocenters. The third-order valence-electron chi connectivity index (χ3n) is 5.94. The number of unbranched alkanes of at least 4 members (excludes halogenated alkanes) is 1. The number of benzene rings is 1. The van der Waals surface area contributed by atoms with Crippen molar-refractivity contribution < 1.29 is 18.3 Å². The predicted molar refractivity (Wildman–Crippen MR) is 133 cm³/mol. The van der Waals surface area contributed by atoms with Crippen molar-refractivity contribution >= 4 is 10.0 Å². The van der Waals surface area contributed by atoms with Crippen molar-refractivity contribution in [1.29, 1.82) is 0 Å². The Hall–Kier alpha value is -2.44. The van der Waals surface area contributed by atoms with E-state index in [2.05, 4.69) is 28.6 Å². The SMILES string of the molecule is CCCC#Cc1ccc2c(c1)O[C@H](CN(C)Cc1cccnc1)[C@H](C)CN([C@H](C)CO)S2(=O)=O. The normalized spacial score (nSPS) is 20.9. The Morgan fingerprint density at radius 3 is 2.82 bits per heavy atom. The Kier molecular flexibility index (Phi) is 9.09. The summed E-state index contributed by atoms with van der Waals surface area (Å²) in [5, 5.41) is 9.79. The fourth-order valence-corrected chi connectivity index (χ4v) is 5.81. The monoisotopic (exact) mass is 485 g/mol. The maximum atomic E-state index is 13.5. The van der Waals surface area contributed by atoms with E-state index in [-0.39, 0.29) is 30.1 Å². The Labute approximate surface area is 203 Å². The molecule has 0 fully saturated rings. The number of rotatable bonds is 7. The second-order valence-electron chi connectivity index (χ2n) is 9.01. The lowest BCUT2D eigenvalue weighted by Gasteiger charge is -2.37. The lowest BCUT2D eigenvalue weighted by molar-refractivity contribution is 0.0733. The van der Waals surface area contributed by atoms with Gasteiger partial charge in [0.1, 0.15) is 16.7 Å². The Morgan fingerprint density at radius 2 is 2.15 bits per heavy atom. The highest BCUT2D eigenvalue weighted by atomic mass is 32.2. The first-order valence-corrected chi connectivity index (χ1v) is 13.2. The van der Waals surface area contributed by atoms with Gasteiger partial charge in [-0.1, -0.05) is 31.8 Å². The van der Waals surface area contributed by atoms with E-state index in [4.69, 9.17) is 4.74 Å². The maximum absolute atomic E-state index is 13.5. The Balaban J connectivity index is 1.97. The average molecular weight is 486 g/mol. The Bertz CT molecular complexity index is 1110. The molecule has 3 rings (SSSR count). The standard InChI is InChI=1S/C26H35N3O4S/c1-5-6-7-9-22-11-12-26-24(14-22)33-25(18-28(4)17-23-10-8-13-27-15-23)20(2)16-29(21(3)19-30)34(26,31)32/h8,10-15,20-21,25,30H,5-6,16-19H2,1-4H3/t20-,21-,25-/m1/s1. The van der Waals surface area contributed by atoms with E-state index >= 15 is 0 Å². The van der Waals surface area contributed by atoms with Crippen LogP contribution in [0.25, 0.3) is 0 Å². The molecule has 184 valence electrons. The molecule has 0 bridgehead atoms. The molecule has 0 spiro atoms. The van der Waals surface area contributed by atoms with E-state index in [0.717, 1.165) is 24.0 Å². The fourth-order valence-electron chi connectivity index (χ4n) is 3.99. The molecule has 1 aliphatic rings. The number of aliphatic hydroxyl groups is 1. The highest BCUT2D eigenvalue weighted by molar-refractivity contribution is 7.89. The van der Waals surface area contributed by atoms with Crippen LogP contribution in [0.15, 0.2) is 47.6 Å². The topological polar surface area (TPSA) is 83.0 Å². The molecule has 34 heavy (non-hydrogen) atoms. The van der Waals surface area contributed by atoms with Crippen LogP contribution < -0.4 is 4.74 Å². The average Bonchev–Trinajstić information content (AvgIpc) is 2.81. The largest absolute Gasteiger partial charge is 0.487 e. The van der Waals surface area contributed by atoms with Gasteiger partial charge in [-0.3, -0.25) is 9.88 Å². The van der Waals surface area contributed by atoms with Gasteiger partial charge in [0.2, 0.25) is 10.0 Å². The number of likely N-dealkylation sites (N-methyl/N-ethyl adjacent to an activating group) is 1. The van der Waals surface area contributed by atoms with Gasteiger partial charge in [-0.05, 0) is 50.2 Å². The van der Waals surface area contributed by atoms with Crippen molar-refractivity contribution in [2.24, 2.45) is 5.92 Å². The van der Waals surface area contributed by atoms with Gasteiger partial charge in [0.15, 0.2) is 0 Å².